The molecular weight excluding hydrogens is 496 g/mol. The van der Waals surface area contributed by atoms with E-state index in [1.807, 2.05) is 0 Å². The van der Waals surface area contributed by atoms with Gasteiger partial charge >= 0.3 is 6.01 Å². The predicted octanol–water partition coefficient (Wildman–Crippen LogP) is 3.99. The Morgan fingerprint density at radius 1 is 1.28 bits per heavy atom. The number of fused-ring (bicyclic) bond motifs is 1. The summed E-state index contributed by atoms with van der Waals surface area (Å²) < 4.78 is 62.6. The zero-order valence-corrected chi connectivity index (χ0v) is 19.6. The highest BCUT2D eigenvalue weighted by Gasteiger charge is 2.71. The fraction of sp³-hybridized carbons (Fsp3) is 0.619. The first-order valence-corrected chi connectivity index (χ1v) is 11.1. The van der Waals surface area contributed by atoms with Crippen LogP contribution in [0.4, 0.5) is 23.4 Å². The molecule has 4 rings (SSSR count). The van der Waals surface area contributed by atoms with Crippen molar-refractivity contribution in [1.82, 2.24) is 14.9 Å². The van der Waals surface area contributed by atoms with Crippen LogP contribution < -0.4 is 9.64 Å². The Bertz CT molecular complexity index is 1050. The number of hydrogen-bond acceptors (Lipinski definition) is 6. The molecule has 0 amide bonds. The van der Waals surface area contributed by atoms with Gasteiger partial charge in [0.1, 0.15) is 23.8 Å². The van der Waals surface area contributed by atoms with Gasteiger partial charge in [0.2, 0.25) is 0 Å². The summed E-state index contributed by atoms with van der Waals surface area (Å²) in [6.45, 7) is 2.15. The highest BCUT2D eigenvalue weighted by Crippen LogP contribution is 2.60. The van der Waals surface area contributed by atoms with E-state index in [1.165, 1.54) is 0 Å². The number of alkyl halides is 2. The van der Waals surface area contributed by atoms with Crippen LogP contribution in [0.25, 0.3) is 10.9 Å². The van der Waals surface area contributed by atoms with E-state index in [4.69, 9.17) is 4.74 Å². The van der Waals surface area contributed by atoms with E-state index in [1.54, 1.807) is 30.8 Å². The molecule has 2 atom stereocenters. The Hall–Kier alpha value is -1.72. The standard InChI is InChI=1S/C21H25BrF4N4O2/c1-19(31)5-4-6-30(9-19)17-12-7-13(23)14(22)15(24)16(12)27-18(28-17)32-11-20(10-29(2)3)8-21(20,25)26/h7,31H,4-6,8-11H2,1-3H3/t19-,20-/m1/s1. The van der Waals surface area contributed by atoms with E-state index in [2.05, 4.69) is 25.9 Å². The normalized spacial score (nSPS) is 27.2. The minimum atomic E-state index is -2.88. The van der Waals surface area contributed by atoms with Gasteiger partial charge in [-0.3, -0.25) is 0 Å². The molecule has 1 N–H and O–H groups in total. The van der Waals surface area contributed by atoms with Crippen molar-refractivity contribution in [2.24, 2.45) is 5.41 Å². The van der Waals surface area contributed by atoms with Gasteiger partial charge in [-0.1, -0.05) is 0 Å². The molecule has 1 aromatic heterocycles. The second-order valence-corrected chi connectivity index (χ2v) is 10.2. The summed E-state index contributed by atoms with van der Waals surface area (Å²) in [5.41, 5.74) is -2.56. The molecule has 0 spiro atoms. The van der Waals surface area contributed by atoms with E-state index in [0.29, 0.717) is 19.4 Å². The molecule has 1 aliphatic carbocycles. The van der Waals surface area contributed by atoms with Gasteiger partial charge in [0, 0.05) is 31.4 Å². The number of rotatable bonds is 6. The molecule has 2 aromatic rings. The lowest BCUT2D eigenvalue weighted by atomic mass is 9.95. The maximum atomic E-state index is 14.9. The van der Waals surface area contributed by atoms with Crippen molar-refractivity contribution < 1.29 is 27.4 Å². The molecule has 2 heterocycles. The van der Waals surface area contributed by atoms with Crippen LogP contribution in [0.5, 0.6) is 6.01 Å². The maximum Gasteiger partial charge on any atom is 0.319 e. The predicted molar refractivity (Wildman–Crippen MR) is 115 cm³/mol. The molecule has 0 bridgehead atoms. The highest BCUT2D eigenvalue weighted by atomic mass is 79.9. The van der Waals surface area contributed by atoms with Crippen LogP contribution in [0, 0.1) is 17.0 Å². The third-order valence-electron chi connectivity index (χ3n) is 6.07. The number of piperidine rings is 1. The molecule has 1 aromatic carbocycles. The third-order valence-corrected chi connectivity index (χ3v) is 6.80. The van der Waals surface area contributed by atoms with Crippen LogP contribution in [0.1, 0.15) is 26.2 Å². The van der Waals surface area contributed by atoms with Gasteiger partial charge in [0.05, 0.1) is 15.5 Å². The lowest BCUT2D eigenvalue weighted by Gasteiger charge is -2.38. The number of anilines is 1. The van der Waals surface area contributed by atoms with E-state index >= 15 is 0 Å². The monoisotopic (exact) mass is 520 g/mol. The first kappa shape index (κ1) is 23.4. The molecule has 176 valence electrons. The Morgan fingerprint density at radius 3 is 2.56 bits per heavy atom. The first-order chi connectivity index (χ1) is 14.8. The Morgan fingerprint density at radius 2 is 1.97 bits per heavy atom. The fourth-order valence-corrected chi connectivity index (χ4v) is 4.71. The number of hydrogen-bond donors (Lipinski definition) is 1. The number of benzene rings is 1. The molecule has 1 saturated carbocycles. The Labute approximate surface area is 191 Å². The number of halogens is 5. The molecule has 6 nitrogen and oxygen atoms in total. The zero-order chi connectivity index (χ0) is 23.5. The minimum absolute atomic E-state index is 0.112. The Balaban J connectivity index is 1.74. The average Bonchev–Trinajstić information content (AvgIpc) is 3.22. The van der Waals surface area contributed by atoms with Crippen molar-refractivity contribution in [3.05, 3.63) is 22.2 Å². The van der Waals surface area contributed by atoms with Crippen LogP contribution in [-0.2, 0) is 0 Å². The third kappa shape index (κ3) is 4.26. The van der Waals surface area contributed by atoms with Gasteiger partial charge in [-0.25, -0.2) is 17.6 Å². The highest BCUT2D eigenvalue weighted by molar-refractivity contribution is 9.10. The molecule has 0 radical (unpaired) electrons. The van der Waals surface area contributed by atoms with Crippen molar-refractivity contribution in [3.8, 4) is 6.01 Å². The van der Waals surface area contributed by atoms with Crippen LogP contribution in [0.15, 0.2) is 10.5 Å². The molecule has 2 fully saturated rings. The van der Waals surface area contributed by atoms with Gasteiger partial charge in [0.25, 0.3) is 5.92 Å². The summed E-state index contributed by atoms with van der Waals surface area (Å²) in [6, 6.07) is 0.851. The van der Waals surface area contributed by atoms with Crippen molar-refractivity contribution in [1.29, 1.82) is 0 Å². The molecule has 2 aliphatic rings. The maximum absolute atomic E-state index is 14.9. The molecule has 0 unspecified atom stereocenters. The van der Waals surface area contributed by atoms with Crippen LogP contribution in [0.2, 0.25) is 0 Å². The minimum Gasteiger partial charge on any atom is -0.463 e. The number of β-amino-alcohol motifs (C(OH)–C–C–N with tert-alkyl or cyclic N) is 1. The van der Waals surface area contributed by atoms with Crippen LogP contribution in [0.3, 0.4) is 0 Å². The lowest BCUT2D eigenvalue weighted by Crippen LogP contribution is -2.46. The summed E-state index contributed by atoms with van der Waals surface area (Å²) in [5.74, 6) is -4.43. The van der Waals surface area contributed by atoms with Gasteiger partial charge in [-0.15, -0.1) is 0 Å². The van der Waals surface area contributed by atoms with E-state index in [9.17, 15) is 22.7 Å². The molecular formula is C21H25BrF4N4O2. The number of aliphatic hydroxyl groups is 1. The van der Waals surface area contributed by atoms with Gasteiger partial charge in [-0.2, -0.15) is 9.97 Å². The largest absolute Gasteiger partial charge is 0.463 e. The van der Waals surface area contributed by atoms with E-state index in [0.717, 1.165) is 6.07 Å². The van der Waals surface area contributed by atoms with Crippen molar-refractivity contribution in [2.45, 2.75) is 37.7 Å². The summed E-state index contributed by atoms with van der Waals surface area (Å²) in [6.07, 6.45) is 0.902. The van der Waals surface area contributed by atoms with Crippen LogP contribution >= 0.6 is 15.9 Å². The molecule has 1 saturated heterocycles. The van der Waals surface area contributed by atoms with Gasteiger partial charge < -0.3 is 19.6 Å². The number of ether oxygens (including phenoxy) is 1. The number of nitrogens with zero attached hydrogens (tertiary/aromatic N) is 4. The second kappa shape index (κ2) is 7.95. The number of aromatic nitrogens is 2. The summed E-state index contributed by atoms with van der Waals surface area (Å²) in [5, 5.41) is 10.6. The van der Waals surface area contributed by atoms with E-state index in [-0.39, 0.29) is 53.3 Å². The second-order valence-electron chi connectivity index (χ2n) is 9.42. The van der Waals surface area contributed by atoms with E-state index < -0.39 is 28.6 Å². The smallest absolute Gasteiger partial charge is 0.319 e. The first-order valence-electron chi connectivity index (χ1n) is 10.3. The van der Waals surface area contributed by atoms with Crippen LogP contribution in [-0.4, -0.2) is 71.8 Å². The topological polar surface area (TPSA) is 61.7 Å². The quantitative estimate of drug-likeness (QED) is 0.459. The average molecular weight is 521 g/mol. The lowest BCUT2D eigenvalue weighted by molar-refractivity contribution is 0.0287. The van der Waals surface area contributed by atoms with Crippen molar-refractivity contribution >= 4 is 32.7 Å². The Kier molecular flexibility index (Phi) is 5.82. The zero-order valence-electron chi connectivity index (χ0n) is 18.1. The molecule has 1 aliphatic heterocycles. The van der Waals surface area contributed by atoms with Gasteiger partial charge in [0.15, 0.2) is 5.82 Å². The molecule has 32 heavy (non-hydrogen) atoms. The van der Waals surface area contributed by atoms with Gasteiger partial charge in [-0.05, 0) is 55.9 Å². The van der Waals surface area contributed by atoms with Crippen molar-refractivity contribution in [2.75, 3.05) is 45.2 Å². The fourth-order valence-electron chi connectivity index (χ4n) is 4.41. The van der Waals surface area contributed by atoms with Crippen molar-refractivity contribution in [3.63, 3.8) is 0 Å². The molecule has 11 heteroatoms. The summed E-state index contributed by atoms with van der Waals surface area (Å²) in [4.78, 5) is 11.8. The summed E-state index contributed by atoms with van der Waals surface area (Å²) in [7, 11) is 3.40. The summed E-state index contributed by atoms with van der Waals surface area (Å²) >= 11 is 2.88. The SMILES string of the molecule is CN(C)C[C@@]1(COc2nc(N3CCC[C@@](C)(O)C3)c3cc(F)c(Br)c(F)c3n2)CC1(F)F.